The van der Waals surface area contributed by atoms with E-state index in [4.69, 9.17) is 4.74 Å². The molecule has 0 spiro atoms. The van der Waals surface area contributed by atoms with Crippen LogP contribution in [0.3, 0.4) is 0 Å². The van der Waals surface area contributed by atoms with Gasteiger partial charge in [-0.25, -0.2) is 4.79 Å². The molecule has 1 aromatic carbocycles. The summed E-state index contributed by atoms with van der Waals surface area (Å²) in [7, 11) is 1.46. The van der Waals surface area contributed by atoms with E-state index in [1.54, 1.807) is 13.0 Å². The summed E-state index contributed by atoms with van der Waals surface area (Å²) >= 11 is 3.22. The normalized spacial score (nSPS) is 10.4. The number of hydrogen-bond acceptors (Lipinski definition) is 5. The summed E-state index contributed by atoms with van der Waals surface area (Å²) in [6.45, 7) is 1.66. The largest absolute Gasteiger partial charge is 1.00 e. The van der Waals surface area contributed by atoms with Gasteiger partial charge in [-0.05, 0) is 36.8 Å². The van der Waals surface area contributed by atoms with Crippen molar-refractivity contribution in [2.45, 2.75) is 6.92 Å². The van der Waals surface area contributed by atoms with Crippen LogP contribution in [0.4, 0.5) is 0 Å². The molecule has 102 valence electrons. The van der Waals surface area contributed by atoms with Crippen LogP contribution in [0.1, 0.15) is 12.5 Å². The van der Waals surface area contributed by atoms with E-state index >= 15 is 0 Å². The topological polar surface area (TPSA) is 75.7 Å². The summed E-state index contributed by atoms with van der Waals surface area (Å²) < 4.78 is 10.1. The molecule has 5 nitrogen and oxygen atoms in total. The number of benzene rings is 1. The third-order valence-corrected chi connectivity index (χ3v) is 2.59. The van der Waals surface area contributed by atoms with Gasteiger partial charge in [0.15, 0.2) is 0 Å². The van der Waals surface area contributed by atoms with Gasteiger partial charge in [0.1, 0.15) is 5.75 Å². The van der Waals surface area contributed by atoms with E-state index in [0.717, 1.165) is 0 Å². The molecular weight excluding hydrogens is 323 g/mol. The molecule has 20 heavy (non-hydrogen) atoms. The molecule has 0 radical (unpaired) electrons. The Morgan fingerprint density at radius 2 is 2.00 bits per heavy atom. The Morgan fingerprint density at radius 3 is 2.55 bits per heavy atom. The number of rotatable bonds is 5. The molecule has 1 rings (SSSR count). The minimum atomic E-state index is -1.04. The average molecular weight is 335 g/mol. The number of carbonyl (C=O) groups is 2. The van der Waals surface area contributed by atoms with Crippen LogP contribution < -0.4 is 28.7 Å². The van der Waals surface area contributed by atoms with Gasteiger partial charge in [-0.2, -0.15) is 0 Å². The van der Waals surface area contributed by atoms with E-state index in [-0.39, 0.29) is 31.0 Å². The standard InChI is InChI=1S/C13H13BrO5.Li/c1-3-19-13(17)12(16)7-11(15)8-4-9(14)6-10(5-8)18-2;/h4-7,15H,3H2,1-2H3;/q;+1/p-1/b11-7-;. The van der Waals surface area contributed by atoms with Crippen LogP contribution in [0.5, 0.6) is 5.75 Å². The molecule has 1 aromatic rings. The van der Waals surface area contributed by atoms with Crippen molar-refractivity contribution in [1.29, 1.82) is 0 Å². The van der Waals surface area contributed by atoms with Gasteiger partial charge in [-0.1, -0.05) is 21.7 Å². The van der Waals surface area contributed by atoms with Crippen LogP contribution in [0.15, 0.2) is 28.7 Å². The van der Waals surface area contributed by atoms with Crippen molar-refractivity contribution in [3.8, 4) is 5.75 Å². The molecule has 0 bridgehead atoms. The van der Waals surface area contributed by atoms with Crippen molar-refractivity contribution in [2.24, 2.45) is 0 Å². The third-order valence-electron chi connectivity index (χ3n) is 2.13. The molecule has 0 atom stereocenters. The molecular formula is C13H12BrLiO5. The predicted octanol–water partition coefficient (Wildman–Crippen LogP) is -1.70. The van der Waals surface area contributed by atoms with E-state index in [9.17, 15) is 14.7 Å². The molecule has 0 aliphatic rings. The van der Waals surface area contributed by atoms with Gasteiger partial charge in [-0.15, -0.1) is 0 Å². The smallest absolute Gasteiger partial charge is 0.872 e. The molecule has 0 aliphatic heterocycles. The zero-order valence-electron chi connectivity index (χ0n) is 11.4. The Kier molecular flexibility index (Phi) is 8.31. The van der Waals surface area contributed by atoms with E-state index in [0.29, 0.717) is 16.3 Å². The fraction of sp³-hybridized carbons (Fsp3) is 0.231. The SMILES string of the molecule is CCOC(=O)C(=O)/C=C(\[O-])c1cc(Br)cc(OC)c1.[Li+]. The number of esters is 1. The number of carbonyl (C=O) groups excluding carboxylic acids is 2. The van der Waals surface area contributed by atoms with Crippen LogP contribution in [0, 0.1) is 0 Å². The van der Waals surface area contributed by atoms with Crippen LogP contribution in [0.2, 0.25) is 0 Å². The molecule has 0 saturated heterocycles. The zero-order valence-corrected chi connectivity index (χ0v) is 13.0. The zero-order chi connectivity index (χ0) is 14.4. The first-order valence-corrected chi connectivity index (χ1v) is 6.22. The Hall–Kier alpha value is -1.22. The second-order valence-electron chi connectivity index (χ2n) is 3.47. The molecule has 0 aliphatic carbocycles. The maximum absolute atomic E-state index is 11.8. The summed E-state index contributed by atoms with van der Waals surface area (Å²) in [5.74, 6) is -2.14. The molecule has 0 saturated carbocycles. The molecule has 0 N–H and O–H groups in total. The Labute approximate surface area is 137 Å². The van der Waals surface area contributed by atoms with Crippen molar-refractivity contribution < 1.29 is 43.0 Å². The van der Waals surface area contributed by atoms with E-state index in [2.05, 4.69) is 20.7 Å². The second kappa shape index (κ2) is 8.85. The number of ether oxygens (including phenoxy) is 2. The molecule has 0 heterocycles. The Morgan fingerprint density at radius 1 is 1.35 bits per heavy atom. The van der Waals surface area contributed by atoms with Crippen LogP contribution >= 0.6 is 15.9 Å². The van der Waals surface area contributed by atoms with E-state index < -0.39 is 17.5 Å². The van der Waals surface area contributed by atoms with Gasteiger partial charge in [-0.3, -0.25) is 4.79 Å². The Balaban J connectivity index is 0.00000361. The van der Waals surface area contributed by atoms with Gasteiger partial charge < -0.3 is 14.6 Å². The van der Waals surface area contributed by atoms with Crippen LogP contribution in [-0.4, -0.2) is 25.5 Å². The molecule has 0 amide bonds. The van der Waals surface area contributed by atoms with Gasteiger partial charge >= 0.3 is 24.8 Å². The Bertz CT molecular complexity index is 527. The number of hydrogen-bond donors (Lipinski definition) is 0. The van der Waals surface area contributed by atoms with Crippen molar-refractivity contribution >= 4 is 33.4 Å². The first kappa shape index (κ1) is 18.8. The fourth-order valence-corrected chi connectivity index (χ4v) is 1.76. The van der Waals surface area contributed by atoms with Crippen molar-refractivity contribution in [2.75, 3.05) is 13.7 Å². The maximum atomic E-state index is 11.8. The number of ketones is 1. The van der Waals surface area contributed by atoms with Gasteiger partial charge in [0.25, 0.3) is 5.78 Å². The summed E-state index contributed by atoms with van der Waals surface area (Å²) in [6, 6.07) is 4.67. The monoisotopic (exact) mass is 334 g/mol. The molecule has 0 unspecified atom stereocenters. The molecule has 0 fully saturated rings. The van der Waals surface area contributed by atoms with E-state index in [1.807, 2.05) is 0 Å². The fourth-order valence-electron chi connectivity index (χ4n) is 1.29. The minimum Gasteiger partial charge on any atom is -0.872 e. The minimum absolute atomic E-state index is 0. The van der Waals surface area contributed by atoms with Gasteiger partial charge in [0.2, 0.25) is 0 Å². The first-order valence-electron chi connectivity index (χ1n) is 5.42. The first-order chi connectivity index (χ1) is 8.97. The third kappa shape index (κ3) is 5.41. The molecule has 0 aromatic heterocycles. The van der Waals surface area contributed by atoms with Gasteiger partial charge in [0, 0.05) is 4.47 Å². The summed E-state index contributed by atoms with van der Waals surface area (Å²) in [4.78, 5) is 22.5. The summed E-state index contributed by atoms with van der Waals surface area (Å²) in [5, 5.41) is 11.8. The summed E-state index contributed by atoms with van der Waals surface area (Å²) in [6.07, 6.45) is 0.708. The number of methoxy groups -OCH3 is 1. The summed E-state index contributed by atoms with van der Waals surface area (Å²) in [5.41, 5.74) is 0.240. The van der Waals surface area contributed by atoms with E-state index in [1.165, 1.54) is 19.2 Å². The van der Waals surface area contributed by atoms with Crippen molar-refractivity contribution in [3.63, 3.8) is 0 Å². The predicted molar refractivity (Wildman–Crippen MR) is 70.3 cm³/mol. The average Bonchev–Trinajstić information content (AvgIpc) is 2.38. The quantitative estimate of drug-likeness (QED) is 0.211. The van der Waals surface area contributed by atoms with Crippen molar-refractivity contribution in [1.82, 2.24) is 0 Å². The second-order valence-corrected chi connectivity index (χ2v) is 4.39. The maximum Gasteiger partial charge on any atom is 1.00 e. The van der Waals surface area contributed by atoms with Crippen molar-refractivity contribution in [3.05, 3.63) is 34.3 Å². The van der Waals surface area contributed by atoms with Crippen LogP contribution in [0.25, 0.3) is 5.76 Å². The molecule has 7 heteroatoms. The van der Waals surface area contributed by atoms with Crippen LogP contribution in [-0.2, 0) is 14.3 Å². The number of halogens is 1. The van der Waals surface area contributed by atoms with Gasteiger partial charge in [0.05, 0.1) is 13.7 Å².